The molecule has 0 bridgehead atoms. The first-order valence-electron chi connectivity index (χ1n) is 6.86. The van der Waals surface area contributed by atoms with Gasteiger partial charge in [-0.2, -0.15) is 0 Å². The van der Waals surface area contributed by atoms with Crippen LogP contribution in [0.25, 0.3) is 0 Å². The van der Waals surface area contributed by atoms with Crippen molar-refractivity contribution in [1.82, 2.24) is 5.32 Å². The fraction of sp³-hybridized carbons (Fsp3) is 0.400. The van der Waals surface area contributed by atoms with Crippen LogP contribution in [0.4, 0.5) is 5.69 Å². The number of aliphatic carboxylic acids is 1. The van der Waals surface area contributed by atoms with Crippen LogP contribution in [0.5, 0.6) is 0 Å². The molecule has 0 radical (unpaired) electrons. The molecule has 0 aromatic heterocycles. The maximum atomic E-state index is 11.9. The summed E-state index contributed by atoms with van der Waals surface area (Å²) in [4.78, 5) is 34.4. The van der Waals surface area contributed by atoms with E-state index < -0.39 is 17.8 Å². The quantitative estimate of drug-likeness (QED) is 0.764. The molecule has 2 rings (SSSR count). The van der Waals surface area contributed by atoms with Crippen LogP contribution >= 0.6 is 0 Å². The monoisotopic (exact) mass is 290 g/mol. The number of nitrogens with one attached hydrogen (secondary N) is 2. The third-order valence-corrected chi connectivity index (χ3v) is 3.53. The number of aryl methyl sites for hydroxylation is 1. The van der Waals surface area contributed by atoms with Gasteiger partial charge in [0.15, 0.2) is 0 Å². The lowest BCUT2D eigenvalue weighted by atomic mass is 10.1. The van der Waals surface area contributed by atoms with Gasteiger partial charge in [-0.3, -0.25) is 14.4 Å². The number of amides is 2. The maximum Gasteiger partial charge on any atom is 0.307 e. The third-order valence-electron chi connectivity index (χ3n) is 3.53. The summed E-state index contributed by atoms with van der Waals surface area (Å²) in [6.07, 6.45) is 0.386. The summed E-state index contributed by atoms with van der Waals surface area (Å²) in [6, 6.07) is 4.99. The number of carbonyl (C=O) groups excluding carboxylic acids is 2. The van der Waals surface area contributed by atoms with Gasteiger partial charge >= 0.3 is 5.97 Å². The molecule has 6 nitrogen and oxygen atoms in total. The lowest BCUT2D eigenvalue weighted by molar-refractivity contribution is -0.139. The molecule has 112 valence electrons. The van der Waals surface area contributed by atoms with Crippen molar-refractivity contribution in [1.29, 1.82) is 0 Å². The summed E-state index contributed by atoms with van der Waals surface area (Å²) in [5, 5.41) is 14.2. The minimum Gasteiger partial charge on any atom is -0.481 e. The zero-order chi connectivity index (χ0) is 15.6. The molecular formula is C15H18N2O4. The maximum absolute atomic E-state index is 11.9. The Labute approximate surface area is 122 Å². The Kier molecular flexibility index (Phi) is 4.26. The van der Waals surface area contributed by atoms with E-state index in [4.69, 9.17) is 5.11 Å². The average molecular weight is 290 g/mol. The van der Waals surface area contributed by atoms with Crippen LogP contribution in [0.15, 0.2) is 18.2 Å². The Morgan fingerprint density at radius 1 is 1.29 bits per heavy atom. The van der Waals surface area contributed by atoms with Crippen LogP contribution in [0.2, 0.25) is 0 Å². The van der Waals surface area contributed by atoms with E-state index in [1.54, 1.807) is 25.1 Å². The number of hydrogen-bond acceptors (Lipinski definition) is 3. The van der Waals surface area contributed by atoms with E-state index in [1.807, 2.05) is 6.92 Å². The molecule has 1 saturated carbocycles. The van der Waals surface area contributed by atoms with Gasteiger partial charge in [-0.25, -0.2) is 0 Å². The molecule has 2 amide bonds. The largest absolute Gasteiger partial charge is 0.481 e. The number of hydrogen-bond donors (Lipinski definition) is 3. The first kappa shape index (κ1) is 15.0. The average Bonchev–Trinajstić information content (AvgIpc) is 3.21. The normalized spacial score (nSPS) is 19.7. The van der Waals surface area contributed by atoms with Crippen LogP contribution in [0.1, 0.15) is 29.3 Å². The summed E-state index contributed by atoms with van der Waals surface area (Å²) >= 11 is 0. The standard InChI is InChI=1S/C15H18N2O4/c1-3-16-13(18)9-4-5-12(8(2)6-9)17-14(19)10-7-11(10)15(20)21/h4-6,10-11H,3,7H2,1-2H3,(H,16,18)(H,17,19)(H,20,21)/t10-,11+/m1/s1. The summed E-state index contributed by atoms with van der Waals surface area (Å²) in [5.74, 6) is -2.40. The molecule has 1 fully saturated rings. The second kappa shape index (κ2) is 5.95. The number of carbonyl (C=O) groups is 3. The Balaban J connectivity index is 2.03. The molecule has 0 spiro atoms. The number of benzene rings is 1. The van der Waals surface area contributed by atoms with Gasteiger partial charge in [0.2, 0.25) is 5.91 Å². The van der Waals surface area contributed by atoms with Gasteiger partial charge in [-0.05, 0) is 44.0 Å². The summed E-state index contributed by atoms with van der Waals surface area (Å²) in [6.45, 7) is 4.18. The number of carboxylic acids is 1. The van der Waals surface area contributed by atoms with Gasteiger partial charge in [-0.1, -0.05) is 0 Å². The van der Waals surface area contributed by atoms with Crippen LogP contribution in [-0.2, 0) is 9.59 Å². The van der Waals surface area contributed by atoms with Crippen molar-refractivity contribution in [2.24, 2.45) is 11.8 Å². The van der Waals surface area contributed by atoms with Crippen molar-refractivity contribution in [2.75, 3.05) is 11.9 Å². The molecule has 1 aromatic rings. The Bertz CT molecular complexity index is 597. The van der Waals surface area contributed by atoms with Gasteiger partial charge < -0.3 is 15.7 Å². The smallest absolute Gasteiger partial charge is 0.307 e. The van der Waals surface area contributed by atoms with Crippen LogP contribution in [0, 0.1) is 18.8 Å². The first-order valence-corrected chi connectivity index (χ1v) is 6.86. The molecule has 0 aliphatic heterocycles. The molecule has 6 heteroatoms. The van der Waals surface area contributed by atoms with Crippen LogP contribution < -0.4 is 10.6 Å². The number of anilines is 1. The third kappa shape index (κ3) is 3.39. The minimum atomic E-state index is -0.932. The summed E-state index contributed by atoms with van der Waals surface area (Å²) < 4.78 is 0. The second-order valence-electron chi connectivity index (χ2n) is 5.17. The van der Waals surface area contributed by atoms with Gasteiger partial charge in [0.05, 0.1) is 11.8 Å². The van der Waals surface area contributed by atoms with E-state index >= 15 is 0 Å². The fourth-order valence-corrected chi connectivity index (χ4v) is 2.19. The number of carboxylic acid groups (broad SMARTS) is 1. The highest BCUT2D eigenvalue weighted by atomic mass is 16.4. The summed E-state index contributed by atoms with van der Waals surface area (Å²) in [5.41, 5.74) is 1.89. The summed E-state index contributed by atoms with van der Waals surface area (Å²) in [7, 11) is 0. The van der Waals surface area contributed by atoms with Crippen LogP contribution in [0.3, 0.4) is 0 Å². The molecule has 1 aliphatic rings. The van der Waals surface area contributed by atoms with Crippen molar-refractivity contribution >= 4 is 23.5 Å². The zero-order valence-electron chi connectivity index (χ0n) is 12.0. The van der Waals surface area contributed by atoms with Gasteiger partial charge in [0.1, 0.15) is 0 Å². The van der Waals surface area contributed by atoms with Gasteiger partial charge in [0.25, 0.3) is 5.91 Å². The van der Waals surface area contributed by atoms with Crippen LogP contribution in [-0.4, -0.2) is 29.4 Å². The minimum absolute atomic E-state index is 0.161. The van der Waals surface area contributed by atoms with Crippen molar-refractivity contribution in [3.8, 4) is 0 Å². The molecule has 1 aliphatic carbocycles. The fourth-order valence-electron chi connectivity index (χ4n) is 2.19. The molecule has 0 unspecified atom stereocenters. The molecule has 1 aromatic carbocycles. The van der Waals surface area contributed by atoms with E-state index in [1.165, 1.54) is 0 Å². The lowest BCUT2D eigenvalue weighted by Gasteiger charge is -2.10. The van der Waals surface area contributed by atoms with Gasteiger partial charge in [0, 0.05) is 17.8 Å². The Morgan fingerprint density at radius 3 is 2.52 bits per heavy atom. The SMILES string of the molecule is CCNC(=O)c1ccc(NC(=O)[C@@H]2C[C@@H]2C(=O)O)c(C)c1. The van der Waals surface area contributed by atoms with Crippen molar-refractivity contribution in [2.45, 2.75) is 20.3 Å². The lowest BCUT2D eigenvalue weighted by Crippen LogP contribution is -2.23. The predicted octanol–water partition coefficient (Wildman–Crippen LogP) is 1.40. The van der Waals surface area contributed by atoms with E-state index in [9.17, 15) is 14.4 Å². The Morgan fingerprint density at radius 2 is 2.00 bits per heavy atom. The van der Waals surface area contributed by atoms with Crippen molar-refractivity contribution < 1.29 is 19.5 Å². The second-order valence-corrected chi connectivity index (χ2v) is 5.17. The van der Waals surface area contributed by atoms with E-state index in [2.05, 4.69) is 10.6 Å². The van der Waals surface area contributed by atoms with Gasteiger partial charge in [-0.15, -0.1) is 0 Å². The topological polar surface area (TPSA) is 95.5 Å². The highest BCUT2D eigenvalue weighted by Gasteiger charge is 2.48. The molecule has 0 heterocycles. The van der Waals surface area contributed by atoms with Crippen molar-refractivity contribution in [3.05, 3.63) is 29.3 Å². The van der Waals surface area contributed by atoms with E-state index in [0.29, 0.717) is 24.2 Å². The number of rotatable bonds is 5. The molecule has 0 saturated heterocycles. The highest BCUT2D eigenvalue weighted by molar-refractivity contribution is 5.99. The highest BCUT2D eigenvalue weighted by Crippen LogP contribution is 2.39. The van der Waals surface area contributed by atoms with E-state index in [-0.39, 0.29) is 11.8 Å². The molecular weight excluding hydrogens is 272 g/mol. The van der Waals surface area contributed by atoms with E-state index in [0.717, 1.165) is 5.56 Å². The predicted molar refractivity (Wildman–Crippen MR) is 77.0 cm³/mol. The molecule has 21 heavy (non-hydrogen) atoms. The molecule has 3 N–H and O–H groups in total. The first-order chi connectivity index (χ1) is 9.93. The Hall–Kier alpha value is -2.37. The molecule has 2 atom stereocenters. The van der Waals surface area contributed by atoms with Crippen molar-refractivity contribution in [3.63, 3.8) is 0 Å². The zero-order valence-corrected chi connectivity index (χ0v) is 12.0.